The molecule has 1 heterocycles. The van der Waals surface area contributed by atoms with Crippen LogP contribution >= 0.6 is 0 Å². The van der Waals surface area contributed by atoms with Crippen LogP contribution in [0.15, 0.2) is 54.6 Å². The second-order valence-electron chi connectivity index (χ2n) is 10.8. The van der Waals surface area contributed by atoms with Crippen molar-refractivity contribution < 1.29 is 0 Å². The van der Waals surface area contributed by atoms with Crippen molar-refractivity contribution in [3.05, 3.63) is 82.4 Å². The molecule has 0 spiro atoms. The van der Waals surface area contributed by atoms with E-state index < -0.39 is 0 Å². The van der Waals surface area contributed by atoms with E-state index >= 15 is 0 Å². The van der Waals surface area contributed by atoms with Crippen molar-refractivity contribution in [2.75, 3.05) is 13.6 Å². The van der Waals surface area contributed by atoms with E-state index in [1.54, 1.807) is 11.1 Å². The summed E-state index contributed by atoms with van der Waals surface area (Å²) in [5, 5.41) is 11.6. The number of rotatable bonds is 5. The third-order valence-corrected chi connectivity index (χ3v) is 8.62. The molecular weight excluding hydrogens is 400 g/mol. The first-order valence-electron chi connectivity index (χ1n) is 12.7. The third-order valence-electron chi connectivity index (χ3n) is 8.62. The molecule has 2 heteroatoms. The highest BCUT2D eigenvalue weighted by molar-refractivity contribution is 5.84. The second-order valence-corrected chi connectivity index (χ2v) is 10.8. The van der Waals surface area contributed by atoms with E-state index in [4.69, 9.17) is 0 Å². The molecule has 0 amide bonds. The van der Waals surface area contributed by atoms with E-state index in [2.05, 4.69) is 88.2 Å². The SMILES string of the molecule is CCC1(CC)CN(C)C(C(C)C)c2ccc(C3CC3c3ccc4cc(C#N)ccc4c3)cc21. The topological polar surface area (TPSA) is 27.0 Å². The van der Waals surface area contributed by atoms with Crippen molar-refractivity contribution in [2.45, 2.75) is 70.3 Å². The minimum absolute atomic E-state index is 0.261. The Morgan fingerprint density at radius 3 is 2.24 bits per heavy atom. The summed E-state index contributed by atoms with van der Waals surface area (Å²) in [5.74, 6) is 1.83. The maximum absolute atomic E-state index is 9.18. The zero-order valence-electron chi connectivity index (χ0n) is 20.7. The lowest BCUT2D eigenvalue weighted by atomic mass is 9.68. The first-order valence-corrected chi connectivity index (χ1v) is 12.7. The number of nitriles is 1. The molecule has 170 valence electrons. The number of hydrogen-bond donors (Lipinski definition) is 0. The lowest BCUT2D eigenvalue weighted by molar-refractivity contribution is 0.120. The van der Waals surface area contributed by atoms with E-state index in [1.807, 2.05) is 12.1 Å². The van der Waals surface area contributed by atoms with Gasteiger partial charge in [-0.25, -0.2) is 0 Å². The van der Waals surface area contributed by atoms with Gasteiger partial charge < -0.3 is 0 Å². The van der Waals surface area contributed by atoms with Gasteiger partial charge in [0, 0.05) is 18.0 Å². The molecule has 2 aliphatic rings. The number of benzene rings is 3. The van der Waals surface area contributed by atoms with Gasteiger partial charge in [-0.05, 0) is 89.2 Å². The molecule has 3 aromatic carbocycles. The van der Waals surface area contributed by atoms with E-state index in [9.17, 15) is 5.26 Å². The van der Waals surface area contributed by atoms with E-state index in [1.165, 1.54) is 35.8 Å². The number of hydrogen-bond acceptors (Lipinski definition) is 2. The van der Waals surface area contributed by atoms with Crippen molar-refractivity contribution in [2.24, 2.45) is 5.92 Å². The summed E-state index contributed by atoms with van der Waals surface area (Å²) in [7, 11) is 2.32. The lowest BCUT2D eigenvalue weighted by Crippen LogP contribution is -2.47. The Hall–Kier alpha value is -2.63. The van der Waals surface area contributed by atoms with Crippen LogP contribution in [0, 0.1) is 17.2 Å². The quantitative estimate of drug-likeness (QED) is 0.410. The van der Waals surface area contributed by atoms with E-state index in [-0.39, 0.29) is 5.41 Å². The molecule has 0 radical (unpaired) electrons. The monoisotopic (exact) mass is 436 g/mol. The fourth-order valence-electron chi connectivity index (χ4n) is 6.64. The number of fused-ring (bicyclic) bond motifs is 2. The van der Waals surface area contributed by atoms with Crippen LogP contribution in [0.5, 0.6) is 0 Å². The van der Waals surface area contributed by atoms with Crippen LogP contribution in [-0.2, 0) is 5.41 Å². The zero-order chi connectivity index (χ0) is 23.3. The summed E-state index contributed by atoms with van der Waals surface area (Å²) < 4.78 is 0. The molecule has 1 aliphatic carbocycles. The fraction of sp³-hybridized carbons (Fsp3) is 0.452. The van der Waals surface area contributed by atoms with E-state index in [0.717, 1.165) is 17.5 Å². The molecule has 3 aromatic rings. The summed E-state index contributed by atoms with van der Waals surface area (Å²) in [6, 6.07) is 23.1. The minimum Gasteiger partial charge on any atom is -0.298 e. The molecule has 0 saturated heterocycles. The average Bonchev–Trinajstić information content (AvgIpc) is 3.63. The van der Waals surface area contributed by atoms with Crippen molar-refractivity contribution in [1.29, 1.82) is 5.26 Å². The smallest absolute Gasteiger partial charge is 0.0991 e. The van der Waals surface area contributed by atoms with Crippen LogP contribution in [0.25, 0.3) is 10.8 Å². The highest BCUT2D eigenvalue weighted by Gasteiger charge is 2.44. The largest absolute Gasteiger partial charge is 0.298 e. The highest BCUT2D eigenvalue weighted by atomic mass is 15.1. The number of nitrogens with zero attached hydrogens (tertiary/aromatic N) is 2. The standard InChI is InChI=1S/C31H36N2/c1-6-31(7-2)19-33(5)30(20(3)4)26-13-12-25(16-29(26)31)28-17-27(28)24-11-10-22-14-21(18-32)8-9-23(22)15-24/h8-16,20,27-28,30H,6-7,17,19H2,1-5H3. The van der Waals surface area contributed by atoms with Crippen LogP contribution in [-0.4, -0.2) is 18.5 Å². The predicted octanol–water partition coefficient (Wildman–Crippen LogP) is 7.68. The van der Waals surface area contributed by atoms with Crippen LogP contribution < -0.4 is 0 Å². The third kappa shape index (κ3) is 3.68. The maximum atomic E-state index is 9.18. The Kier molecular flexibility index (Phi) is 5.58. The Labute approximate surface area is 199 Å². The summed E-state index contributed by atoms with van der Waals surface area (Å²) in [4.78, 5) is 2.60. The van der Waals surface area contributed by atoms with Crippen molar-refractivity contribution in [1.82, 2.24) is 4.90 Å². The zero-order valence-corrected chi connectivity index (χ0v) is 20.7. The Bertz CT molecular complexity index is 1230. The fourth-order valence-corrected chi connectivity index (χ4v) is 6.64. The Morgan fingerprint density at radius 2 is 1.58 bits per heavy atom. The molecule has 2 nitrogen and oxygen atoms in total. The molecule has 0 N–H and O–H groups in total. The lowest BCUT2D eigenvalue weighted by Gasteiger charge is -2.48. The second kappa shape index (κ2) is 8.30. The van der Waals surface area contributed by atoms with Gasteiger partial charge in [-0.1, -0.05) is 70.2 Å². The Morgan fingerprint density at radius 1 is 0.939 bits per heavy atom. The molecule has 1 aliphatic heterocycles. The van der Waals surface area contributed by atoms with E-state index in [0.29, 0.717) is 23.8 Å². The van der Waals surface area contributed by atoms with Gasteiger partial charge in [0.05, 0.1) is 11.6 Å². The molecule has 0 bridgehead atoms. The van der Waals surface area contributed by atoms with Crippen molar-refractivity contribution in [3.8, 4) is 6.07 Å². The molecule has 1 saturated carbocycles. The first kappa shape index (κ1) is 22.2. The summed E-state index contributed by atoms with van der Waals surface area (Å²) in [6.07, 6.45) is 3.62. The van der Waals surface area contributed by atoms with Gasteiger partial charge in [-0.3, -0.25) is 4.90 Å². The summed E-state index contributed by atoms with van der Waals surface area (Å²) in [6.45, 7) is 10.6. The van der Waals surface area contributed by atoms with Gasteiger partial charge in [0.2, 0.25) is 0 Å². The summed E-state index contributed by atoms with van der Waals surface area (Å²) in [5.41, 5.74) is 7.13. The minimum atomic E-state index is 0.261. The van der Waals surface area contributed by atoms with Gasteiger partial charge in [0.25, 0.3) is 0 Å². The maximum Gasteiger partial charge on any atom is 0.0991 e. The van der Waals surface area contributed by atoms with Gasteiger partial charge in [0.1, 0.15) is 0 Å². The molecular formula is C31H36N2. The van der Waals surface area contributed by atoms with Crippen LogP contribution in [0.1, 0.15) is 92.7 Å². The first-order chi connectivity index (χ1) is 15.9. The highest BCUT2D eigenvalue weighted by Crippen LogP contribution is 2.56. The molecule has 0 aromatic heterocycles. The predicted molar refractivity (Wildman–Crippen MR) is 138 cm³/mol. The molecule has 1 fully saturated rings. The molecule has 33 heavy (non-hydrogen) atoms. The number of likely N-dealkylation sites (N-methyl/N-ethyl adjacent to an activating group) is 1. The summed E-state index contributed by atoms with van der Waals surface area (Å²) >= 11 is 0. The van der Waals surface area contributed by atoms with Gasteiger partial charge in [-0.15, -0.1) is 0 Å². The Balaban J connectivity index is 1.48. The molecule has 3 unspecified atom stereocenters. The molecule has 5 rings (SSSR count). The van der Waals surface area contributed by atoms with Crippen LogP contribution in [0.3, 0.4) is 0 Å². The van der Waals surface area contributed by atoms with Crippen molar-refractivity contribution >= 4 is 10.8 Å². The van der Waals surface area contributed by atoms with Gasteiger partial charge in [0.15, 0.2) is 0 Å². The van der Waals surface area contributed by atoms with Crippen LogP contribution in [0.4, 0.5) is 0 Å². The van der Waals surface area contributed by atoms with Gasteiger partial charge in [-0.2, -0.15) is 5.26 Å². The molecule has 3 atom stereocenters. The average molecular weight is 437 g/mol. The van der Waals surface area contributed by atoms with Crippen LogP contribution in [0.2, 0.25) is 0 Å². The normalized spacial score (nSPS) is 24.0. The van der Waals surface area contributed by atoms with Gasteiger partial charge >= 0.3 is 0 Å². The van der Waals surface area contributed by atoms with Crippen molar-refractivity contribution in [3.63, 3.8) is 0 Å².